The van der Waals surface area contributed by atoms with Gasteiger partial charge < -0.3 is 0 Å². The minimum atomic E-state index is -1.82. The van der Waals surface area contributed by atoms with Crippen LogP contribution in [-0.2, 0) is 0 Å². The van der Waals surface area contributed by atoms with Crippen molar-refractivity contribution < 1.29 is 8.78 Å². The van der Waals surface area contributed by atoms with Gasteiger partial charge in [0.15, 0.2) is 5.67 Å². The Kier molecular flexibility index (Phi) is 1.02. The number of hydrogen-bond acceptors (Lipinski definition) is 0. The quantitative estimate of drug-likeness (QED) is 0.432. The first-order valence-corrected chi connectivity index (χ1v) is 3.01. The van der Waals surface area contributed by atoms with Gasteiger partial charge >= 0.3 is 0 Å². The van der Waals surface area contributed by atoms with Gasteiger partial charge in [0.05, 0.1) is 0 Å². The average Bonchev–Trinajstić information content (AvgIpc) is 2.10. The van der Waals surface area contributed by atoms with Crippen LogP contribution in [0.25, 0.3) is 0 Å². The molecule has 0 N–H and O–H groups in total. The molecule has 0 spiro atoms. The smallest absolute Gasteiger partial charge is 0.205 e. The summed E-state index contributed by atoms with van der Waals surface area (Å²) < 4.78 is 23.0. The van der Waals surface area contributed by atoms with Gasteiger partial charge in [0.25, 0.3) is 0 Å². The molecule has 2 atom stereocenters. The van der Waals surface area contributed by atoms with E-state index in [0.29, 0.717) is 0 Å². The molecule has 0 amide bonds. The molecule has 0 nitrogen and oxygen atoms in total. The van der Waals surface area contributed by atoms with Gasteiger partial charge in [-0.3, -0.25) is 0 Å². The second kappa shape index (κ2) is 1.32. The van der Waals surface area contributed by atoms with Gasteiger partial charge in [-0.1, -0.05) is 12.7 Å². The Morgan fingerprint density at radius 2 is 2.00 bits per heavy atom. The third-order valence-corrected chi connectivity index (χ3v) is 2.23. The van der Waals surface area contributed by atoms with Gasteiger partial charge in [0.2, 0.25) is 4.58 Å². The Hall–Kier alpha value is 0.0800. The van der Waals surface area contributed by atoms with E-state index in [-0.39, 0.29) is 6.42 Å². The van der Waals surface area contributed by atoms with E-state index in [1.165, 1.54) is 0 Å². The second-order valence-electron chi connectivity index (χ2n) is 1.95. The molecule has 2 unspecified atom stereocenters. The van der Waals surface area contributed by atoms with Crippen molar-refractivity contribution in [3.8, 4) is 0 Å². The van der Waals surface area contributed by atoms with E-state index >= 15 is 0 Å². The second-order valence-corrected chi connectivity index (χ2v) is 3.20. The minimum absolute atomic E-state index is 0.108. The summed E-state index contributed by atoms with van der Waals surface area (Å²) in [5.74, 6) is 0. The number of allylic oxidation sites excluding steroid dienone is 1. The summed E-state index contributed by atoms with van der Waals surface area (Å²) in [4.78, 5) is 0. The lowest BCUT2D eigenvalue weighted by Gasteiger charge is -1.96. The highest BCUT2D eigenvalue weighted by atomic mass is 79.9. The molecule has 0 aromatic heterocycles. The third-order valence-electron chi connectivity index (χ3n) is 1.29. The molecule has 1 rings (SSSR count). The first kappa shape index (κ1) is 6.20. The van der Waals surface area contributed by atoms with Gasteiger partial charge in [-0.25, -0.2) is 8.78 Å². The van der Waals surface area contributed by atoms with E-state index in [1.54, 1.807) is 0 Å². The fourth-order valence-electron chi connectivity index (χ4n) is 0.500. The maximum absolute atomic E-state index is 12.5. The number of halogens is 3. The molecule has 3 heteroatoms. The lowest BCUT2D eigenvalue weighted by Crippen LogP contribution is -2.04. The SMILES string of the molecule is C=CC1(F)CC1(F)Br. The summed E-state index contributed by atoms with van der Waals surface area (Å²) >= 11 is 2.56. The van der Waals surface area contributed by atoms with Crippen molar-refractivity contribution >= 4 is 15.9 Å². The van der Waals surface area contributed by atoms with E-state index in [1.807, 2.05) is 0 Å². The summed E-state index contributed by atoms with van der Waals surface area (Å²) in [5.41, 5.74) is -1.80. The molecule has 1 saturated carbocycles. The molecule has 0 bridgehead atoms. The van der Waals surface area contributed by atoms with Crippen molar-refractivity contribution in [2.75, 3.05) is 0 Å². The molecule has 8 heavy (non-hydrogen) atoms. The maximum Gasteiger partial charge on any atom is 0.205 e. The van der Waals surface area contributed by atoms with Gasteiger partial charge in [-0.2, -0.15) is 0 Å². The van der Waals surface area contributed by atoms with Crippen LogP contribution in [0.4, 0.5) is 8.78 Å². The zero-order valence-corrected chi connectivity index (χ0v) is 5.71. The molecule has 0 aromatic rings. The van der Waals surface area contributed by atoms with Crippen molar-refractivity contribution in [2.24, 2.45) is 0 Å². The molecule has 1 aliphatic rings. The summed E-state index contributed by atoms with van der Waals surface area (Å²) in [6, 6.07) is 0. The largest absolute Gasteiger partial charge is 0.235 e. The molecule has 0 aliphatic heterocycles. The zero-order valence-electron chi connectivity index (χ0n) is 4.13. The van der Waals surface area contributed by atoms with E-state index in [9.17, 15) is 8.78 Å². The van der Waals surface area contributed by atoms with Crippen molar-refractivity contribution in [2.45, 2.75) is 16.7 Å². The molecule has 0 saturated heterocycles. The Labute approximate surface area is 54.7 Å². The monoisotopic (exact) mass is 182 g/mol. The molecule has 0 radical (unpaired) electrons. The Balaban J connectivity index is 2.68. The molecular formula is C5H5BrF2. The Morgan fingerprint density at radius 1 is 1.62 bits per heavy atom. The first-order chi connectivity index (χ1) is 3.52. The predicted octanol–water partition coefficient (Wildman–Crippen LogP) is 2.35. The normalized spacial score (nSPS) is 53.4. The van der Waals surface area contributed by atoms with E-state index in [0.717, 1.165) is 6.08 Å². The number of rotatable bonds is 1. The molecule has 0 aromatic carbocycles. The van der Waals surface area contributed by atoms with E-state index in [4.69, 9.17) is 0 Å². The standard InChI is InChI=1S/C5H5BrF2/c1-2-4(7)3-5(4,6)8/h2H,1,3H2. The van der Waals surface area contributed by atoms with Gasteiger partial charge in [-0.15, -0.1) is 0 Å². The fourth-order valence-corrected chi connectivity index (χ4v) is 1.07. The van der Waals surface area contributed by atoms with Crippen LogP contribution in [0.1, 0.15) is 6.42 Å². The van der Waals surface area contributed by atoms with Gasteiger partial charge in [0, 0.05) is 6.42 Å². The number of alkyl halides is 3. The summed E-state index contributed by atoms with van der Waals surface area (Å²) in [5, 5.41) is 0. The number of hydrogen-bond donors (Lipinski definition) is 0. The van der Waals surface area contributed by atoms with Crippen LogP contribution in [0.3, 0.4) is 0 Å². The van der Waals surface area contributed by atoms with Gasteiger partial charge in [-0.05, 0) is 15.9 Å². The molecule has 0 heterocycles. The third kappa shape index (κ3) is 0.607. The Morgan fingerprint density at radius 3 is 2.00 bits per heavy atom. The summed E-state index contributed by atoms with van der Waals surface area (Å²) in [7, 11) is 0. The maximum atomic E-state index is 12.5. The van der Waals surface area contributed by atoms with E-state index < -0.39 is 10.2 Å². The lowest BCUT2D eigenvalue weighted by atomic mass is 10.4. The summed E-state index contributed by atoms with van der Waals surface area (Å²) in [6.07, 6.45) is 0.880. The average molecular weight is 183 g/mol. The molecular weight excluding hydrogens is 178 g/mol. The van der Waals surface area contributed by atoms with Crippen LogP contribution in [-0.4, -0.2) is 10.2 Å². The highest BCUT2D eigenvalue weighted by Gasteiger charge is 2.68. The van der Waals surface area contributed by atoms with Crippen LogP contribution in [0, 0.1) is 0 Å². The molecule has 1 aliphatic carbocycles. The lowest BCUT2D eigenvalue weighted by molar-refractivity contribution is 0.286. The zero-order chi connectivity index (χ0) is 6.41. The highest BCUT2D eigenvalue weighted by molar-refractivity contribution is 9.10. The van der Waals surface area contributed by atoms with Crippen molar-refractivity contribution in [1.82, 2.24) is 0 Å². The molecule has 46 valence electrons. The minimum Gasteiger partial charge on any atom is -0.235 e. The molecule has 1 fully saturated rings. The first-order valence-electron chi connectivity index (χ1n) is 2.22. The van der Waals surface area contributed by atoms with Crippen LogP contribution in [0.2, 0.25) is 0 Å². The van der Waals surface area contributed by atoms with Gasteiger partial charge in [0.1, 0.15) is 0 Å². The van der Waals surface area contributed by atoms with Crippen LogP contribution < -0.4 is 0 Å². The highest BCUT2D eigenvalue weighted by Crippen LogP contribution is 2.59. The van der Waals surface area contributed by atoms with Crippen LogP contribution in [0.15, 0.2) is 12.7 Å². The fraction of sp³-hybridized carbons (Fsp3) is 0.600. The van der Waals surface area contributed by atoms with Crippen molar-refractivity contribution in [3.63, 3.8) is 0 Å². The topological polar surface area (TPSA) is 0 Å². The van der Waals surface area contributed by atoms with E-state index in [2.05, 4.69) is 22.5 Å². The Bertz CT molecular complexity index is 132. The summed E-state index contributed by atoms with van der Waals surface area (Å²) in [6.45, 7) is 3.15. The predicted molar refractivity (Wildman–Crippen MR) is 31.4 cm³/mol. The van der Waals surface area contributed by atoms with Crippen LogP contribution >= 0.6 is 15.9 Å². The van der Waals surface area contributed by atoms with Crippen molar-refractivity contribution in [3.05, 3.63) is 12.7 Å². The van der Waals surface area contributed by atoms with Crippen molar-refractivity contribution in [1.29, 1.82) is 0 Å². The van der Waals surface area contributed by atoms with Crippen LogP contribution in [0.5, 0.6) is 0 Å².